The van der Waals surface area contributed by atoms with Crippen molar-refractivity contribution in [3.05, 3.63) is 92.4 Å². The van der Waals surface area contributed by atoms with E-state index in [1.54, 1.807) is 43.3 Å². The van der Waals surface area contributed by atoms with Gasteiger partial charge in [-0.15, -0.1) is 0 Å². The highest BCUT2D eigenvalue weighted by molar-refractivity contribution is 7.92. The third kappa shape index (κ3) is 7.83. The Labute approximate surface area is 255 Å². The molecule has 0 spiro atoms. The Bertz CT molecular complexity index is 1430. The summed E-state index contributed by atoms with van der Waals surface area (Å²) in [6.07, 6.45) is 0.682. The van der Waals surface area contributed by atoms with Crippen LogP contribution in [0.5, 0.6) is 0 Å². The Balaban J connectivity index is 2.09. The number of carbonyl (C=O) groups excluding carboxylic acids is 2. The summed E-state index contributed by atoms with van der Waals surface area (Å²) in [5.41, 5.74) is 0.507. The fourth-order valence-corrected chi connectivity index (χ4v) is 6.28. The van der Waals surface area contributed by atoms with Gasteiger partial charge in [-0.3, -0.25) is 13.9 Å². The van der Waals surface area contributed by atoms with Crippen molar-refractivity contribution in [2.24, 2.45) is 0 Å². The Morgan fingerprint density at radius 2 is 1.45 bits per heavy atom. The van der Waals surface area contributed by atoms with Gasteiger partial charge in [0, 0.05) is 38.2 Å². The maximum absolute atomic E-state index is 14.0. The number of hydrogen-bond acceptors (Lipinski definition) is 4. The van der Waals surface area contributed by atoms with E-state index in [1.165, 1.54) is 35.2 Å². The van der Waals surface area contributed by atoms with E-state index in [0.717, 1.165) is 4.31 Å². The summed E-state index contributed by atoms with van der Waals surface area (Å²) in [5.74, 6) is -1.08. The van der Waals surface area contributed by atoms with Crippen LogP contribution in [0, 0.1) is 0 Å². The summed E-state index contributed by atoms with van der Waals surface area (Å²) in [6, 6.07) is 15.7. The maximum atomic E-state index is 14.0. The van der Waals surface area contributed by atoms with Crippen molar-refractivity contribution in [3.63, 3.8) is 0 Å². The summed E-state index contributed by atoms with van der Waals surface area (Å²) in [7, 11) is -4.26. The van der Waals surface area contributed by atoms with Gasteiger partial charge < -0.3 is 10.2 Å². The molecule has 0 aliphatic carbocycles. The molecular weight excluding hydrogens is 616 g/mol. The topological polar surface area (TPSA) is 86.8 Å². The number of benzene rings is 3. The average molecular weight is 645 g/mol. The summed E-state index contributed by atoms with van der Waals surface area (Å²) in [6.45, 7) is 4.54. The predicted octanol–water partition coefficient (Wildman–Crippen LogP) is 6.83. The van der Waals surface area contributed by atoms with Crippen LogP contribution in [0.3, 0.4) is 0 Å². The number of nitrogens with zero attached hydrogens (tertiary/aromatic N) is 2. The van der Waals surface area contributed by atoms with E-state index in [4.69, 9.17) is 46.4 Å². The zero-order chi connectivity index (χ0) is 29.6. The molecule has 0 aliphatic heterocycles. The van der Waals surface area contributed by atoms with Crippen molar-refractivity contribution in [2.75, 3.05) is 10.8 Å². The third-order valence-electron chi connectivity index (χ3n) is 6.30. The lowest BCUT2D eigenvalue weighted by molar-refractivity contribution is -0.139. The second-order valence-corrected chi connectivity index (χ2v) is 12.7. The third-order valence-corrected chi connectivity index (χ3v) is 9.24. The van der Waals surface area contributed by atoms with Crippen LogP contribution < -0.4 is 9.62 Å². The lowest BCUT2D eigenvalue weighted by Crippen LogP contribution is -2.52. The summed E-state index contributed by atoms with van der Waals surface area (Å²) >= 11 is 25.2. The highest BCUT2D eigenvalue weighted by Gasteiger charge is 2.33. The van der Waals surface area contributed by atoms with Gasteiger partial charge >= 0.3 is 0 Å². The normalized spacial score (nSPS) is 12.9. The Kier molecular flexibility index (Phi) is 11.1. The number of anilines is 1. The molecule has 7 nitrogen and oxygen atoms in total. The minimum atomic E-state index is -4.26. The number of nitrogens with one attached hydrogen (secondary N) is 1. The fraction of sp³-hybridized carbons (Fsp3) is 0.286. The number of carbonyl (C=O) groups is 2. The van der Waals surface area contributed by atoms with Gasteiger partial charge in [0.05, 0.1) is 10.6 Å². The molecule has 2 atom stereocenters. The molecule has 0 saturated heterocycles. The second kappa shape index (κ2) is 13.9. The SMILES string of the molecule is CC[C@H](C)NC(=O)[C@@H](C)N(Cc1c(Cl)cccc1Cl)C(=O)CN(c1cc(Cl)cc(Cl)c1)S(=O)(=O)c1ccccc1. The second-order valence-electron chi connectivity index (χ2n) is 9.17. The van der Waals surface area contributed by atoms with Crippen molar-refractivity contribution in [3.8, 4) is 0 Å². The van der Waals surface area contributed by atoms with Gasteiger partial charge in [-0.05, 0) is 62.7 Å². The number of sulfonamides is 1. The molecule has 40 heavy (non-hydrogen) atoms. The molecule has 0 fully saturated rings. The minimum absolute atomic E-state index is 0.0397. The van der Waals surface area contributed by atoms with Gasteiger partial charge in [-0.25, -0.2) is 8.42 Å². The number of halogens is 4. The molecule has 0 bridgehead atoms. The first-order chi connectivity index (χ1) is 18.8. The van der Waals surface area contributed by atoms with E-state index >= 15 is 0 Å². The zero-order valence-corrected chi connectivity index (χ0v) is 25.9. The summed E-state index contributed by atoms with van der Waals surface area (Å²) in [4.78, 5) is 28.3. The highest BCUT2D eigenvalue weighted by Crippen LogP contribution is 2.31. The van der Waals surface area contributed by atoms with Crippen molar-refractivity contribution < 1.29 is 18.0 Å². The van der Waals surface area contributed by atoms with Crippen LogP contribution >= 0.6 is 46.4 Å². The van der Waals surface area contributed by atoms with Crippen molar-refractivity contribution in [1.82, 2.24) is 10.2 Å². The fourth-order valence-electron chi connectivity index (χ4n) is 3.83. The summed E-state index contributed by atoms with van der Waals surface area (Å²) < 4.78 is 28.6. The predicted molar refractivity (Wildman–Crippen MR) is 162 cm³/mol. The quantitative estimate of drug-likeness (QED) is 0.248. The zero-order valence-electron chi connectivity index (χ0n) is 22.1. The Morgan fingerprint density at radius 1 is 0.875 bits per heavy atom. The first-order valence-electron chi connectivity index (χ1n) is 12.4. The molecule has 3 aromatic carbocycles. The maximum Gasteiger partial charge on any atom is 0.264 e. The molecule has 0 aromatic heterocycles. The molecule has 0 saturated carbocycles. The van der Waals surface area contributed by atoms with E-state index in [1.807, 2.05) is 13.8 Å². The van der Waals surface area contributed by atoms with Crippen molar-refractivity contribution in [1.29, 1.82) is 0 Å². The van der Waals surface area contributed by atoms with E-state index in [2.05, 4.69) is 5.32 Å². The Hall–Kier alpha value is -2.49. The molecule has 0 unspecified atom stereocenters. The smallest absolute Gasteiger partial charge is 0.264 e. The van der Waals surface area contributed by atoms with Gasteiger partial charge in [-0.2, -0.15) is 0 Å². The van der Waals surface area contributed by atoms with Gasteiger partial charge in [0.15, 0.2) is 0 Å². The van der Waals surface area contributed by atoms with E-state index in [0.29, 0.717) is 22.0 Å². The lowest BCUT2D eigenvalue weighted by atomic mass is 10.1. The highest BCUT2D eigenvalue weighted by atomic mass is 35.5. The molecule has 2 amide bonds. The molecule has 3 aromatic rings. The molecule has 1 N–H and O–H groups in total. The number of hydrogen-bond donors (Lipinski definition) is 1. The van der Waals surface area contributed by atoms with Gasteiger partial charge in [0.25, 0.3) is 10.0 Å². The van der Waals surface area contributed by atoms with Crippen molar-refractivity contribution in [2.45, 2.75) is 50.7 Å². The molecule has 0 aliphatic rings. The van der Waals surface area contributed by atoms with E-state index < -0.39 is 34.4 Å². The molecular formula is C28H29Cl4N3O4S. The van der Waals surface area contributed by atoms with Crippen LogP contribution in [-0.2, 0) is 26.2 Å². The first-order valence-corrected chi connectivity index (χ1v) is 15.4. The van der Waals surface area contributed by atoms with E-state index in [9.17, 15) is 18.0 Å². The van der Waals surface area contributed by atoms with Crippen LogP contribution in [-0.4, -0.2) is 43.8 Å². The Morgan fingerprint density at radius 3 is 2.00 bits per heavy atom. The molecule has 0 radical (unpaired) electrons. The number of rotatable bonds is 11. The minimum Gasteiger partial charge on any atom is -0.352 e. The van der Waals surface area contributed by atoms with Gasteiger partial charge in [0.1, 0.15) is 12.6 Å². The average Bonchev–Trinajstić information content (AvgIpc) is 2.90. The molecule has 12 heteroatoms. The molecule has 3 rings (SSSR count). The van der Waals surface area contributed by atoms with Crippen LogP contribution in [0.25, 0.3) is 0 Å². The number of amides is 2. The largest absolute Gasteiger partial charge is 0.352 e. The van der Waals surface area contributed by atoms with Crippen LogP contribution in [0.15, 0.2) is 71.6 Å². The summed E-state index contributed by atoms with van der Waals surface area (Å²) in [5, 5.41) is 3.84. The monoisotopic (exact) mass is 643 g/mol. The van der Waals surface area contributed by atoms with Crippen LogP contribution in [0.4, 0.5) is 5.69 Å². The van der Waals surface area contributed by atoms with Gasteiger partial charge in [-0.1, -0.05) is 77.6 Å². The first kappa shape index (κ1) is 32.0. The van der Waals surface area contributed by atoms with Crippen molar-refractivity contribution >= 4 is 73.9 Å². The standard InChI is InChI=1S/C28H29Cl4N3O4S/c1-4-18(2)33-28(37)19(3)34(16-24-25(31)11-8-12-26(24)32)27(36)17-35(22-14-20(29)13-21(30)15-22)40(38,39)23-9-6-5-7-10-23/h5-15,18-19H,4,16-17H2,1-3H3,(H,33,37)/t18-,19+/m0/s1. The van der Waals surface area contributed by atoms with E-state index in [-0.39, 0.29) is 33.2 Å². The lowest BCUT2D eigenvalue weighted by Gasteiger charge is -2.33. The van der Waals surface area contributed by atoms with Crippen LogP contribution in [0.2, 0.25) is 20.1 Å². The van der Waals surface area contributed by atoms with Crippen LogP contribution in [0.1, 0.15) is 32.8 Å². The van der Waals surface area contributed by atoms with Gasteiger partial charge in [0.2, 0.25) is 11.8 Å². The molecule has 0 heterocycles. The molecule has 214 valence electrons.